The topological polar surface area (TPSA) is 46.5 Å². The van der Waals surface area contributed by atoms with Crippen molar-refractivity contribution in [2.75, 3.05) is 0 Å². The molecule has 68 valence electrons. The first-order valence-electron chi connectivity index (χ1n) is 4.30. The fourth-order valence-electron chi connectivity index (χ4n) is 1.17. The van der Waals surface area contributed by atoms with Crippen LogP contribution in [0.5, 0.6) is 0 Å². The Balaban J connectivity index is 2.33. The zero-order valence-corrected chi connectivity index (χ0v) is 7.73. The lowest BCUT2D eigenvalue weighted by Crippen LogP contribution is -1.99. The second kappa shape index (κ2) is 3.05. The molecule has 0 aromatic carbocycles. The molecule has 2 heterocycles. The molecule has 13 heavy (non-hydrogen) atoms. The summed E-state index contributed by atoms with van der Waals surface area (Å²) in [5, 5.41) is 4.24. The van der Waals surface area contributed by atoms with Crippen molar-refractivity contribution in [1.82, 2.24) is 19.7 Å². The molecule has 0 saturated heterocycles. The van der Waals surface area contributed by atoms with Crippen LogP contribution < -0.4 is 0 Å². The monoisotopic (exact) mass is 176 g/mol. The van der Waals surface area contributed by atoms with Gasteiger partial charge >= 0.3 is 0 Å². The second-order valence-corrected chi connectivity index (χ2v) is 3.27. The quantitative estimate of drug-likeness (QED) is 0.759. The molecule has 0 unspecified atom stereocenters. The summed E-state index contributed by atoms with van der Waals surface area (Å²) in [6.07, 6.45) is 7.31. The van der Waals surface area contributed by atoms with Crippen molar-refractivity contribution in [3.8, 4) is 11.3 Å². The summed E-state index contributed by atoms with van der Waals surface area (Å²) < 4.78 is 1.93. The molecule has 0 aliphatic rings. The third kappa shape index (κ3) is 1.47. The van der Waals surface area contributed by atoms with Gasteiger partial charge in [-0.3, -0.25) is 4.68 Å². The van der Waals surface area contributed by atoms with Crippen LogP contribution in [0.15, 0.2) is 24.9 Å². The van der Waals surface area contributed by atoms with E-state index >= 15 is 0 Å². The fraction of sp³-hybridized carbons (Fsp3) is 0.333. The molecule has 2 rings (SSSR count). The molecule has 4 heteroatoms. The SMILES string of the molecule is CC(C)n1cc(-c2cnc[nH]2)cn1. The molecule has 0 aliphatic heterocycles. The van der Waals surface area contributed by atoms with E-state index in [9.17, 15) is 0 Å². The zero-order chi connectivity index (χ0) is 9.26. The predicted molar refractivity (Wildman–Crippen MR) is 50.2 cm³/mol. The summed E-state index contributed by atoms with van der Waals surface area (Å²) in [5.74, 6) is 0. The number of aromatic nitrogens is 4. The Morgan fingerprint density at radius 1 is 1.38 bits per heavy atom. The van der Waals surface area contributed by atoms with Crippen LogP contribution in [0.25, 0.3) is 11.3 Å². The first-order valence-corrected chi connectivity index (χ1v) is 4.30. The molecule has 0 saturated carbocycles. The number of hydrogen-bond acceptors (Lipinski definition) is 2. The Bertz CT molecular complexity index is 372. The van der Waals surface area contributed by atoms with Gasteiger partial charge in [-0.1, -0.05) is 0 Å². The highest BCUT2D eigenvalue weighted by Gasteiger charge is 2.03. The van der Waals surface area contributed by atoms with E-state index in [0.29, 0.717) is 6.04 Å². The molecule has 0 aliphatic carbocycles. The van der Waals surface area contributed by atoms with Gasteiger partial charge in [0.05, 0.1) is 24.4 Å². The van der Waals surface area contributed by atoms with Crippen LogP contribution >= 0.6 is 0 Å². The van der Waals surface area contributed by atoms with Crippen LogP contribution in [0.4, 0.5) is 0 Å². The minimum absolute atomic E-state index is 0.400. The van der Waals surface area contributed by atoms with E-state index in [1.54, 1.807) is 12.5 Å². The summed E-state index contributed by atoms with van der Waals surface area (Å²) in [6.45, 7) is 4.20. The van der Waals surface area contributed by atoms with Gasteiger partial charge in [0.2, 0.25) is 0 Å². The van der Waals surface area contributed by atoms with Gasteiger partial charge in [-0.15, -0.1) is 0 Å². The maximum absolute atomic E-state index is 4.24. The van der Waals surface area contributed by atoms with Crippen molar-refractivity contribution in [2.24, 2.45) is 0 Å². The van der Waals surface area contributed by atoms with E-state index in [0.717, 1.165) is 11.3 Å². The van der Waals surface area contributed by atoms with E-state index in [1.165, 1.54) is 0 Å². The number of nitrogens with zero attached hydrogens (tertiary/aromatic N) is 3. The average molecular weight is 176 g/mol. The number of imidazole rings is 1. The van der Waals surface area contributed by atoms with Gasteiger partial charge in [0.25, 0.3) is 0 Å². The Morgan fingerprint density at radius 2 is 2.23 bits per heavy atom. The first kappa shape index (κ1) is 8.04. The standard InChI is InChI=1S/C9H12N4/c1-7(2)13-5-8(3-12-13)9-4-10-6-11-9/h3-7H,1-2H3,(H,10,11). The van der Waals surface area contributed by atoms with Crippen molar-refractivity contribution in [3.05, 3.63) is 24.9 Å². The summed E-state index contributed by atoms with van der Waals surface area (Å²) in [7, 11) is 0. The molecular formula is C9H12N4. The molecule has 0 amide bonds. The average Bonchev–Trinajstić information content (AvgIpc) is 2.75. The molecule has 0 radical (unpaired) electrons. The summed E-state index contributed by atoms with van der Waals surface area (Å²) in [4.78, 5) is 7.00. The largest absolute Gasteiger partial charge is 0.345 e. The summed E-state index contributed by atoms with van der Waals surface area (Å²) >= 11 is 0. The lowest BCUT2D eigenvalue weighted by Gasteiger charge is -2.02. The van der Waals surface area contributed by atoms with Crippen LogP contribution in [-0.4, -0.2) is 19.7 Å². The fourth-order valence-corrected chi connectivity index (χ4v) is 1.17. The Kier molecular flexibility index (Phi) is 1.88. The van der Waals surface area contributed by atoms with Crippen molar-refractivity contribution >= 4 is 0 Å². The van der Waals surface area contributed by atoms with Gasteiger partial charge in [0, 0.05) is 17.8 Å². The molecule has 0 bridgehead atoms. The Labute approximate surface area is 76.6 Å². The highest BCUT2D eigenvalue weighted by molar-refractivity contribution is 5.55. The van der Waals surface area contributed by atoms with Crippen molar-refractivity contribution in [3.63, 3.8) is 0 Å². The minimum Gasteiger partial charge on any atom is -0.345 e. The predicted octanol–water partition coefficient (Wildman–Crippen LogP) is 1.85. The lowest BCUT2D eigenvalue weighted by atomic mass is 10.3. The third-order valence-corrected chi connectivity index (χ3v) is 1.94. The Hall–Kier alpha value is -1.58. The number of rotatable bonds is 2. The smallest absolute Gasteiger partial charge is 0.0924 e. The van der Waals surface area contributed by atoms with Crippen molar-refractivity contribution < 1.29 is 0 Å². The van der Waals surface area contributed by atoms with Crippen LogP contribution in [0, 0.1) is 0 Å². The molecule has 0 atom stereocenters. The summed E-state index contributed by atoms with van der Waals surface area (Å²) in [6, 6.07) is 0.400. The Morgan fingerprint density at radius 3 is 2.77 bits per heavy atom. The molecule has 0 spiro atoms. The molecule has 4 nitrogen and oxygen atoms in total. The zero-order valence-electron chi connectivity index (χ0n) is 7.73. The minimum atomic E-state index is 0.400. The van der Waals surface area contributed by atoms with Gasteiger partial charge in [-0.05, 0) is 13.8 Å². The number of hydrogen-bond donors (Lipinski definition) is 1. The van der Waals surface area contributed by atoms with Crippen LogP contribution in [0.2, 0.25) is 0 Å². The highest BCUT2D eigenvalue weighted by Crippen LogP contribution is 2.16. The molecule has 2 aromatic heterocycles. The maximum atomic E-state index is 4.24. The first-order chi connectivity index (χ1) is 6.27. The number of nitrogens with one attached hydrogen (secondary N) is 1. The van der Waals surface area contributed by atoms with Crippen LogP contribution in [0.3, 0.4) is 0 Å². The molecule has 1 N–H and O–H groups in total. The van der Waals surface area contributed by atoms with Gasteiger partial charge in [-0.25, -0.2) is 4.98 Å². The van der Waals surface area contributed by atoms with Crippen molar-refractivity contribution in [1.29, 1.82) is 0 Å². The normalized spacial score (nSPS) is 11.0. The van der Waals surface area contributed by atoms with Crippen LogP contribution in [0.1, 0.15) is 19.9 Å². The van der Waals surface area contributed by atoms with Gasteiger partial charge in [-0.2, -0.15) is 5.10 Å². The number of H-pyrrole nitrogens is 1. The van der Waals surface area contributed by atoms with Gasteiger partial charge in [0.1, 0.15) is 0 Å². The maximum Gasteiger partial charge on any atom is 0.0924 e. The summed E-state index contributed by atoms with van der Waals surface area (Å²) in [5.41, 5.74) is 2.08. The number of aromatic amines is 1. The van der Waals surface area contributed by atoms with Crippen molar-refractivity contribution in [2.45, 2.75) is 19.9 Å². The third-order valence-electron chi connectivity index (χ3n) is 1.94. The van der Waals surface area contributed by atoms with E-state index in [4.69, 9.17) is 0 Å². The van der Waals surface area contributed by atoms with E-state index in [1.807, 2.05) is 17.1 Å². The molecular weight excluding hydrogens is 164 g/mol. The second-order valence-electron chi connectivity index (χ2n) is 3.27. The van der Waals surface area contributed by atoms with E-state index in [2.05, 4.69) is 28.9 Å². The van der Waals surface area contributed by atoms with E-state index < -0.39 is 0 Å². The highest BCUT2D eigenvalue weighted by atomic mass is 15.3. The molecule has 0 fully saturated rings. The van der Waals surface area contributed by atoms with Crippen LogP contribution in [-0.2, 0) is 0 Å². The lowest BCUT2D eigenvalue weighted by molar-refractivity contribution is 0.532. The van der Waals surface area contributed by atoms with E-state index in [-0.39, 0.29) is 0 Å². The van der Waals surface area contributed by atoms with Gasteiger partial charge < -0.3 is 4.98 Å². The molecule has 2 aromatic rings. The van der Waals surface area contributed by atoms with Gasteiger partial charge in [0.15, 0.2) is 0 Å².